The number of fused-ring (bicyclic) bond motifs is 1. The van der Waals surface area contributed by atoms with Crippen LogP contribution in [0.15, 0.2) is 82.7 Å². The van der Waals surface area contributed by atoms with E-state index in [2.05, 4.69) is 34.2 Å². The summed E-state index contributed by atoms with van der Waals surface area (Å²) in [6.07, 6.45) is 3.18. The van der Waals surface area contributed by atoms with Gasteiger partial charge in [-0.05, 0) is 48.9 Å². The summed E-state index contributed by atoms with van der Waals surface area (Å²) in [7, 11) is 0. The third-order valence-corrected chi connectivity index (χ3v) is 5.23. The molecule has 0 aromatic heterocycles. The monoisotopic (exact) mass is 514 g/mol. The summed E-state index contributed by atoms with van der Waals surface area (Å²) in [6.45, 7) is 9.70. The summed E-state index contributed by atoms with van der Waals surface area (Å²) >= 11 is 9.34. The summed E-state index contributed by atoms with van der Waals surface area (Å²) in [6, 6.07) is 12.3. The molecular formula is C24H20BrClN2O4. The van der Waals surface area contributed by atoms with Crippen LogP contribution in [0.2, 0.25) is 5.02 Å². The van der Waals surface area contributed by atoms with Gasteiger partial charge in [0.2, 0.25) is 0 Å². The molecule has 8 heteroatoms. The molecule has 32 heavy (non-hydrogen) atoms. The first kappa shape index (κ1) is 23.5. The minimum Gasteiger partial charge on any atom is -0.462 e. The number of esters is 1. The van der Waals surface area contributed by atoms with Gasteiger partial charge in [0.05, 0.1) is 12.3 Å². The Labute approximate surface area is 199 Å². The van der Waals surface area contributed by atoms with Crippen molar-refractivity contribution in [2.24, 2.45) is 5.16 Å². The molecule has 1 heterocycles. The first-order valence-corrected chi connectivity index (χ1v) is 10.8. The smallest absolute Gasteiger partial charge is 0.342 e. The molecule has 0 spiro atoms. The van der Waals surface area contributed by atoms with Crippen molar-refractivity contribution >= 4 is 56.9 Å². The van der Waals surface area contributed by atoms with E-state index in [1.54, 1.807) is 55.5 Å². The van der Waals surface area contributed by atoms with E-state index in [0.29, 0.717) is 28.4 Å². The first-order chi connectivity index (χ1) is 15.3. The second kappa shape index (κ2) is 10.4. The van der Waals surface area contributed by atoms with E-state index in [-0.39, 0.29) is 29.6 Å². The number of hydrogen-bond donors (Lipinski definition) is 0. The van der Waals surface area contributed by atoms with E-state index in [9.17, 15) is 9.59 Å². The fourth-order valence-electron chi connectivity index (χ4n) is 3.02. The van der Waals surface area contributed by atoms with E-state index in [4.69, 9.17) is 21.2 Å². The molecule has 1 amide bonds. The molecule has 6 nitrogen and oxygen atoms in total. The quantitative estimate of drug-likeness (QED) is 0.116. The van der Waals surface area contributed by atoms with Gasteiger partial charge in [0.1, 0.15) is 5.57 Å². The zero-order valence-corrected chi connectivity index (χ0v) is 19.6. The van der Waals surface area contributed by atoms with Gasteiger partial charge in [-0.15, -0.1) is 6.58 Å². The highest BCUT2D eigenvalue weighted by Crippen LogP contribution is 2.32. The lowest BCUT2D eigenvalue weighted by Gasteiger charge is -2.14. The van der Waals surface area contributed by atoms with Crippen LogP contribution in [0.25, 0.3) is 6.08 Å². The van der Waals surface area contributed by atoms with E-state index < -0.39 is 5.97 Å². The fraction of sp³-hybridized carbons (Fsp3) is 0.125. The number of halogens is 2. The Bertz CT molecular complexity index is 1140. The predicted octanol–water partition coefficient (Wildman–Crippen LogP) is 5.52. The van der Waals surface area contributed by atoms with Crippen molar-refractivity contribution < 1.29 is 19.2 Å². The Morgan fingerprint density at radius 1 is 1.25 bits per heavy atom. The normalized spacial score (nSPS) is 14.3. The highest BCUT2D eigenvalue weighted by atomic mass is 79.9. The van der Waals surface area contributed by atoms with E-state index in [1.165, 1.54) is 4.90 Å². The zero-order chi connectivity index (χ0) is 23.3. The van der Waals surface area contributed by atoms with Gasteiger partial charge in [-0.2, -0.15) is 0 Å². The predicted molar refractivity (Wildman–Crippen MR) is 130 cm³/mol. The molecule has 3 rings (SSSR count). The van der Waals surface area contributed by atoms with E-state index in [1.807, 2.05) is 6.07 Å². The minimum absolute atomic E-state index is 0.0560. The zero-order valence-electron chi connectivity index (χ0n) is 17.3. The maximum absolute atomic E-state index is 12.9. The molecule has 0 fully saturated rings. The van der Waals surface area contributed by atoms with Gasteiger partial charge in [-0.25, -0.2) is 4.79 Å². The van der Waals surface area contributed by atoms with Crippen LogP contribution in [0.1, 0.15) is 18.1 Å². The Kier molecular flexibility index (Phi) is 7.66. The highest BCUT2D eigenvalue weighted by Gasteiger charge is 2.34. The van der Waals surface area contributed by atoms with Crippen LogP contribution < -0.4 is 4.90 Å². The molecule has 164 valence electrons. The second-order valence-electron chi connectivity index (χ2n) is 6.65. The van der Waals surface area contributed by atoms with Crippen LogP contribution in [0.4, 0.5) is 5.69 Å². The number of ether oxygens (including phenoxy) is 1. The summed E-state index contributed by atoms with van der Waals surface area (Å²) in [4.78, 5) is 32.4. The lowest BCUT2D eigenvalue weighted by atomic mass is 10.1. The van der Waals surface area contributed by atoms with Crippen LogP contribution in [0.3, 0.4) is 0 Å². The lowest BCUT2D eigenvalue weighted by molar-refractivity contribution is -0.138. The molecule has 0 aliphatic carbocycles. The van der Waals surface area contributed by atoms with Gasteiger partial charge in [-0.3, -0.25) is 4.79 Å². The topological polar surface area (TPSA) is 68.2 Å². The van der Waals surface area contributed by atoms with Crippen molar-refractivity contribution in [2.75, 3.05) is 18.1 Å². The number of rotatable bonds is 8. The summed E-state index contributed by atoms with van der Waals surface area (Å²) < 4.78 is 5.94. The van der Waals surface area contributed by atoms with Gasteiger partial charge in [-0.1, -0.05) is 57.5 Å². The van der Waals surface area contributed by atoms with Crippen molar-refractivity contribution in [3.63, 3.8) is 0 Å². The van der Waals surface area contributed by atoms with Crippen molar-refractivity contribution in [3.05, 3.63) is 93.7 Å². The van der Waals surface area contributed by atoms with Crippen LogP contribution in [0, 0.1) is 0 Å². The largest absolute Gasteiger partial charge is 0.462 e. The Balaban J connectivity index is 1.92. The maximum atomic E-state index is 12.9. The van der Waals surface area contributed by atoms with Crippen molar-refractivity contribution in [2.45, 2.75) is 6.92 Å². The standard InChI is InChI=1S/C24H20BrClN2O4/c1-4-12-28-21-14-17(25)8-11-19(21)22(23(28)29)27-32-15(3)20(24(30)31-5-2)13-16-6-9-18(26)10-7-16/h4,6-11,13-14H,1,3,5,12H2,2H3/b20-13+,27-22+. The number of carbonyl (C=O) groups is 2. The Morgan fingerprint density at radius 2 is 1.97 bits per heavy atom. The van der Waals surface area contributed by atoms with Gasteiger partial charge >= 0.3 is 5.97 Å². The summed E-state index contributed by atoms with van der Waals surface area (Å²) in [5.74, 6) is -1.02. The van der Waals surface area contributed by atoms with E-state index >= 15 is 0 Å². The van der Waals surface area contributed by atoms with Crippen molar-refractivity contribution in [3.8, 4) is 0 Å². The number of carbonyl (C=O) groups excluding carboxylic acids is 2. The van der Waals surface area contributed by atoms with Gasteiger partial charge in [0, 0.05) is 21.6 Å². The molecule has 0 radical (unpaired) electrons. The molecule has 0 atom stereocenters. The van der Waals surface area contributed by atoms with E-state index in [0.717, 1.165) is 4.47 Å². The van der Waals surface area contributed by atoms with Crippen LogP contribution >= 0.6 is 27.5 Å². The molecule has 0 unspecified atom stereocenters. The molecule has 0 bridgehead atoms. The van der Waals surface area contributed by atoms with Gasteiger partial charge in [0.25, 0.3) is 5.91 Å². The lowest BCUT2D eigenvalue weighted by Crippen LogP contribution is -2.30. The van der Waals surface area contributed by atoms with Gasteiger partial charge in [0.15, 0.2) is 11.5 Å². The van der Waals surface area contributed by atoms with Crippen LogP contribution in [-0.2, 0) is 19.2 Å². The molecule has 1 aliphatic heterocycles. The summed E-state index contributed by atoms with van der Waals surface area (Å²) in [5, 5.41) is 4.60. The third-order valence-electron chi connectivity index (χ3n) is 4.49. The maximum Gasteiger partial charge on any atom is 0.342 e. The molecule has 1 aliphatic rings. The molecule has 2 aromatic carbocycles. The first-order valence-electron chi connectivity index (χ1n) is 9.67. The number of hydrogen-bond acceptors (Lipinski definition) is 5. The molecular weight excluding hydrogens is 496 g/mol. The molecule has 2 aromatic rings. The Hall–Kier alpha value is -3.16. The second-order valence-corrected chi connectivity index (χ2v) is 8.00. The average molecular weight is 516 g/mol. The fourth-order valence-corrected chi connectivity index (χ4v) is 3.49. The SMILES string of the molecule is C=CCN1C(=O)/C(=N/OC(=C)/C(=C\c2ccc(Cl)cc2)C(=O)OCC)c2ccc(Br)cc21. The number of anilines is 1. The van der Waals surface area contributed by atoms with Crippen LogP contribution in [-0.4, -0.2) is 30.7 Å². The van der Waals surface area contributed by atoms with Crippen LogP contribution in [0.5, 0.6) is 0 Å². The number of benzene rings is 2. The van der Waals surface area contributed by atoms with Crippen molar-refractivity contribution in [1.82, 2.24) is 0 Å². The van der Waals surface area contributed by atoms with Crippen molar-refractivity contribution in [1.29, 1.82) is 0 Å². The summed E-state index contributed by atoms with van der Waals surface area (Å²) in [5.41, 5.74) is 2.15. The number of nitrogens with zero attached hydrogens (tertiary/aromatic N) is 2. The minimum atomic E-state index is -0.622. The molecule has 0 N–H and O–H groups in total. The highest BCUT2D eigenvalue weighted by molar-refractivity contribution is 9.10. The average Bonchev–Trinajstić information content (AvgIpc) is 3.02. The number of oxime groups is 1. The van der Waals surface area contributed by atoms with Gasteiger partial charge < -0.3 is 14.5 Å². The third kappa shape index (κ3) is 5.18. The number of amides is 1. The molecule has 0 saturated carbocycles. The molecule has 0 saturated heterocycles. The Morgan fingerprint density at radius 3 is 2.62 bits per heavy atom.